The van der Waals surface area contributed by atoms with Crippen molar-refractivity contribution < 1.29 is 14.4 Å². The number of nitrogens with zero attached hydrogens (tertiary/aromatic N) is 1. The molecule has 0 aliphatic carbocycles. The van der Waals surface area contributed by atoms with Crippen LogP contribution in [0.4, 0.5) is 4.79 Å². The molecule has 1 aliphatic rings. The second-order valence-electron chi connectivity index (χ2n) is 7.15. The maximum atomic E-state index is 13.1. The minimum absolute atomic E-state index is 0.256. The molecule has 0 saturated carbocycles. The number of nitrogens with one attached hydrogen (secondary N) is 1. The van der Waals surface area contributed by atoms with Crippen molar-refractivity contribution in [3.05, 3.63) is 71.3 Å². The summed E-state index contributed by atoms with van der Waals surface area (Å²) in [6.45, 7) is 5.75. The van der Waals surface area contributed by atoms with E-state index in [4.69, 9.17) is 0 Å². The van der Waals surface area contributed by atoms with Crippen molar-refractivity contribution in [2.24, 2.45) is 0 Å². The van der Waals surface area contributed by atoms with Crippen molar-refractivity contribution in [1.29, 1.82) is 0 Å². The van der Waals surface area contributed by atoms with Gasteiger partial charge in [0.15, 0.2) is 5.78 Å². The van der Waals surface area contributed by atoms with Crippen molar-refractivity contribution >= 4 is 17.7 Å². The zero-order valence-corrected chi connectivity index (χ0v) is 15.9. The summed E-state index contributed by atoms with van der Waals surface area (Å²) < 4.78 is 0. The van der Waals surface area contributed by atoms with Crippen LogP contribution in [0.5, 0.6) is 0 Å². The first kappa shape index (κ1) is 18.8. The Balaban J connectivity index is 1.82. The van der Waals surface area contributed by atoms with E-state index in [1.807, 2.05) is 49.4 Å². The third-order valence-electron chi connectivity index (χ3n) is 5.17. The Kier molecular flexibility index (Phi) is 5.13. The quantitative estimate of drug-likeness (QED) is 0.625. The molecular formula is C22H24N2O3. The van der Waals surface area contributed by atoms with Crippen LogP contribution in [0, 0.1) is 0 Å². The molecule has 1 aliphatic heterocycles. The van der Waals surface area contributed by atoms with Crippen molar-refractivity contribution in [2.45, 2.75) is 38.6 Å². The second kappa shape index (κ2) is 7.35. The predicted molar refractivity (Wildman–Crippen MR) is 104 cm³/mol. The third-order valence-corrected chi connectivity index (χ3v) is 5.17. The smallest absolute Gasteiger partial charge is 0.319 e. The van der Waals surface area contributed by atoms with Crippen LogP contribution in [0.15, 0.2) is 54.6 Å². The average molecular weight is 364 g/mol. The first-order valence-electron chi connectivity index (χ1n) is 9.22. The van der Waals surface area contributed by atoms with Crippen molar-refractivity contribution in [1.82, 2.24) is 10.2 Å². The van der Waals surface area contributed by atoms with Crippen molar-refractivity contribution in [3.8, 4) is 0 Å². The molecule has 1 fully saturated rings. The maximum Gasteiger partial charge on any atom is 0.325 e. The fourth-order valence-corrected chi connectivity index (χ4v) is 3.42. The zero-order chi connectivity index (χ0) is 19.6. The number of rotatable bonds is 6. The SMILES string of the molecule is CCC1(c2ccccc2)NC(=O)N(CC(=O)c2ccc(C(C)C)cc2)C1=O. The van der Waals surface area contributed by atoms with Gasteiger partial charge in [-0.25, -0.2) is 4.79 Å². The summed E-state index contributed by atoms with van der Waals surface area (Å²) in [7, 11) is 0. The molecule has 1 heterocycles. The van der Waals surface area contributed by atoms with E-state index in [1.54, 1.807) is 12.1 Å². The highest BCUT2D eigenvalue weighted by atomic mass is 16.2. The Hall–Kier alpha value is -2.95. The van der Waals surface area contributed by atoms with Crippen LogP contribution in [0.2, 0.25) is 0 Å². The lowest BCUT2D eigenvalue weighted by Gasteiger charge is -2.25. The van der Waals surface area contributed by atoms with Gasteiger partial charge in [0.2, 0.25) is 0 Å². The minimum Gasteiger partial charge on any atom is -0.319 e. The number of benzene rings is 2. The van der Waals surface area contributed by atoms with Gasteiger partial charge in [-0.3, -0.25) is 14.5 Å². The molecule has 2 aromatic rings. The van der Waals surface area contributed by atoms with Gasteiger partial charge >= 0.3 is 6.03 Å². The highest BCUT2D eigenvalue weighted by molar-refractivity contribution is 6.11. The summed E-state index contributed by atoms with van der Waals surface area (Å²) in [5.74, 6) is -0.266. The molecule has 5 heteroatoms. The number of hydrogen-bond acceptors (Lipinski definition) is 3. The first-order valence-corrected chi connectivity index (χ1v) is 9.22. The lowest BCUT2D eigenvalue weighted by molar-refractivity contribution is -0.131. The van der Waals surface area contributed by atoms with Crippen LogP contribution in [0.25, 0.3) is 0 Å². The molecule has 1 atom stereocenters. The van der Waals surface area contributed by atoms with Crippen LogP contribution < -0.4 is 5.32 Å². The van der Waals surface area contributed by atoms with E-state index in [2.05, 4.69) is 19.2 Å². The molecule has 140 valence electrons. The number of hydrogen-bond donors (Lipinski definition) is 1. The van der Waals surface area contributed by atoms with E-state index in [0.717, 1.165) is 16.0 Å². The van der Waals surface area contributed by atoms with Crippen LogP contribution >= 0.6 is 0 Å². The van der Waals surface area contributed by atoms with Gasteiger partial charge in [0.1, 0.15) is 5.54 Å². The molecule has 0 radical (unpaired) electrons. The van der Waals surface area contributed by atoms with E-state index in [-0.39, 0.29) is 18.2 Å². The molecule has 5 nitrogen and oxygen atoms in total. The normalized spacial score (nSPS) is 19.5. The molecule has 2 aromatic carbocycles. The molecule has 1 unspecified atom stereocenters. The van der Waals surface area contributed by atoms with Gasteiger partial charge in [-0.2, -0.15) is 0 Å². The topological polar surface area (TPSA) is 66.5 Å². The number of ketones is 1. The average Bonchev–Trinajstić information content (AvgIpc) is 2.93. The van der Waals surface area contributed by atoms with Gasteiger partial charge in [-0.05, 0) is 23.5 Å². The maximum absolute atomic E-state index is 13.1. The Labute approximate surface area is 159 Å². The van der Waals surface area contributed by atoms with E-state index in [1.165, 1.54) is 0 Å². The Morgan fingerprint density at radius 2 is 1.67 bits per heavy atom. The lowest BCUT2D eigenvalue weighted by atomic mass is 9.87. The van der Waals surface area contributed by atoms with Gasteiger partial charge < -0.3 is 5.32 Å². The van der Waals surface area contributed by atoms with Gasteiger partial charge in [-0.1, -0.05) is 75.4 Å². The molecule has 0 bridgehead atoms. The Morgan fingerprint density at radius 3 is 2.22 bits per heavy atom. The molecule has 1 N–H and O–H groups in total. The number of urea groups is 1. The number of imide groups is 1. The summed E-state index contributed by atoms with van der Waals surface area (Å²) in [4.78, 5) is 39.2. The van der Waals surface area contributed by atoms with Crippen LogP contribution in [-0.4, -0.2) is 29.2 Å². The fraction of sp³-hybridized carbons (Fsp3) is 0.318. The summed E-state index contributed by atoms with van der Waals surface area (Å²) in [5.41, 5.74) is 1.24. The number of Topliss-reactive ketones (excluding diaryl/α,β-unsaturated/α-hetero) is 1. The van der Waals surface area contributed by atoms with Crippen LogP contribution in [0.3, 0.4) is 0 Å². The van der Waals surface area contributed by atoms with E-state index in [0.29, 0.717) is 17.9 Å². The Morgan fingerprint density at radius 1 is 1.04 bits per heavy atom. The van der Waals surface area contributed by atoms with Gasteiger partial charge in [0.05, 0.1) is 6.54 Å². The summed E-state index contributed by atoms with van der Waals surface area (Å²) in [6.07, 6.45) is 0.412. The summed E-state index contributed by atoms with van der Waals surface area (Å²) in [6, 6.07) is 15.9. The van der Waals surface area contributed by atoms with Crippen LogP contribution in [-0.2, 0) is 10.3 Å². The van der Waals surface area contributed by atoms with E-state index < -0.39 is 11.6 Å². The molecule has 3 amide bonds. The molecule has 3 rings (SSSR count). The van der Waals surface area contributed by atoms with E-state index >= 15 is 0 Å². The largest absolute Gasteiger partial charge is 0.325 e. The fourth-order valence-electron chi connectivity index (χ4n) is 3.42. The molecule has 1 saturated heterocycles. The summed E-state index contributed by atoms with van der Waals surface area (Å²) in [5, 5.41) is 2.80. The van der Waals surface area contributed by atoms with Gasteiger partial charge in [0.25, 0.3) is 5.91 Å². The number of carbonyl (C=O) groups is 3. The van der Waals surface area contributed by atoms with Crippen molar-refractivity contribution in [2.75, 3.05) is 6.54 Å². The van der Waals surface area contributed by atoms with Gasteiger partial charge in [-0.15, -0.1) is 0 Å². The first-order chi connectivity index (χ1) is 12.9. The van der Waals surface area contributed by atoms with Gasteiger partial charge in [0, 0.05) is 5.56 Å². The highest BCUT2D eigenvalue weighted by Crippen LogP contribution is 2.32. The monoisotopic (exact) mass is 364 g/mol. The summed E-state index contributed by atoms with van der Waals surface area (Å²) >= 11 is 0. The van der Waals surface area contributed by atoms with Crippen LogP contribution in [0.1, 0.15) is 54.6 Å². The minimum atomic E-state index is -1.11. The second-order valence-corrected chi connectivity index (χ2v) is 7.15. The predicted octanol–water partition coefficient (Wildman–Crippen LogP) is 3.85. The molecule has 0 aromatic heterocycles. The molecule has 0 spiro atoms. The Bertz CT molecular complexity index is 859. The molecule has 27 heavy (non-hydrogen) atoms. The number of carbonyl (C=O) groups excluding carboxylic acids is 3. The standard InChI is InChI=1S/C22H24N2O3/c1-4-22(18-8-6-5-7-9-18)20(26)24(21(27)23-22)14-19(25)17-12-10-16(11-13-17)15(2)3/h5-13,15H,4,14H2,1-3H3,(H,23,27). The number of amides is 3. The third kappa shape index (κ3) is 3.37. The van der Waals surface area contributed by atoms with E-state index in [9.17, 15) is 14.4 Å². The lowest BCUT2D eigenvalue weighted by Crippen LogP contribution is -2.43. The highest BCUT2D eigenvalue weighted by Gasteiger charge is 2.51. The molecular weight excluding hydrogens is 340 g/mol. The van der Waals surface area contributed by atoms with Crippen molar-refractivity contribution in [3.63, 3.8) is 0 Å². The zero-order valence-electron chi connectivity index (χ0n) is 15.9.